The molecule has 106 valence electrons. The molecule has 0 aliphatic heterocycles. The van der Waals surface area contributed by atoms with Crippen molar-refractivity contribution in [2.45, 2.75) is 13.8 Å². The molecule has 0 heterocycles. The minimum Gasteiger partial charge on any atom is -0.478 e. The summed E-state index contributed by atoms with van der Waals surface area (Å²) in [6.07, 6.45) is 0. The molecule has 1 aromatic carbocycles. The third-order valence-electron chi connectivity index (χ3n) is 2.62. The zero-order chi connectivity index (χ0) is 15.4. The summed E-state index contributed by atoms with van der Waals surface area (Å²) in [5.41, 5.74) is -0.0426. The van der Waals surface area contributed by atoms with Crippen molar-refractivity contribution in [1.82, 2.24) is 0 Å². The van der Waals surface area contributed by atoms with Gasteiger partial charge in [0.1, 0.15) is 0 Å². The van der Waals surface area contributed by atoms with Crippen LogP contribution in [0.4, 0.5) is 11.4 Å². The summed E-state index contributed by atoms with van der Waals surface area (Å²) in [5, 5.41) is 22.0. The average Bonchev–Trinajstić information content (AvgIpc) is 2.38. The van der Waals surface area contributed by atoms with E-state index in [1.54, 1.807) is 0 Å². The summed E-state index contributed by atoms with van der Waals surface area (Å²) in [7, 11) is 0. The van der Waals surface area contributed by atoms with E-state index in [1.807, 2.05) is 0 Å². The molecule has 0 saturated heterocycles. The second kappa shape index (κ2) is 6.29. The third kappa shape index (κ3) is 3.64. The highest BCUT2D eigenvalue weighted by molar-refractivity contribution is 9.10. The number of hydrogen-bond acceptors (Lipinski definition) is 4. The van der Waals surface area contributed by atoms with Crippen LogP contribution in [0.5, 0.6) is 0 Å². The maximum absolute atomic E-state index is 11.8. The lowest BCUT2D eigenvalue weighted by Gasteiger charge is -2.07. The van der Waals surface area contributed by atoms with E-state index in [0.29, 0.717) is 0 Å². The molecule has 0 radical (unpaired) electrons. The largest absolute Gasteiger partial charge is 0.478 e. The highest BCUT2D eigenvalue weighted by Crippen LogP contribution is 2.28. The first kappa shape index (κ1) is 15.8. The van der Waals surface area contributed by atoms with E-state index >= 15 is 0 Å². The number of nitrogens with zero attached hydrogens (tertiary/aromatic N) is 1. The minimum absolute atomic E-state index is 0.0306. The van der Waals surface area contributed by atoms with Gasteiger partial charge in [-0.15, -0.1) is 0 Å². The standard InChI is InChI=1S/C12H11BrN2O5/c1-6(7(2)12(17)18)11(16)14-8-3-4-9(13)10(5-8)15(19)20/h3-5H,1-2H3,(H,14,16)(H,17,18). The molecule has 7 nitrogen and oxygen atoms in total. The van der Waals surface area contributed by atoms with Gasteiger partial charge in [0, 0.05) is 22.9 Å². The molecule has 20 heavy (non-hydrogen) atoms. The van der Waals surface area contributed by atoms with Gasteiger partial charge in [0.15, 0.2) is 0 Å². The molecule has 8 heteroatoms. The summed E-state index contributed by atoms with van der Waals surface area (Å²) in [6, 6.07) is 4.08. The fraction of sp³-hybridized carbons (Fsp3) is 0.167. The molecule has 0 spiro atoms. The zero-order valence-electron chi connectivity index (χ0n) is 10.6. The van der Waals surface area contributed by atoms with Crippen LogP contribution in [0.1, 0.15) is 13.8 Å². The maximum atomic E-state index is 11.8. The highest BCUT2D eigenvalue weighted by atomic mass is 79.9. The molecule has 0 atom stereocenters. The first-order valence-corrected chi connectivity index (χ1v) is 6.19. The van der Waals surface area contributed by atoms with Gasteiger partial charge in [-0.1, -0.05) is 0 Å². The van der Waals surface area contributed by atoms with Crippen molar-refractivity contribution in [2.24, 2.45) is 0 Å². The Morgan fingerprint density at radius 2 is 1.90 bits per heavy atom. The van der Waals surface area contributed by atoms with Crippen LogP contribution in [0.25, 0.3) is 0 Å². The van der Waals surface area contributed by atoms with Crippen molar-refractivity contribution >= 4 is 39.2 Å². The van der Waals surface area contributed by atoms with Gasteiger partial charge in [0.25, 0.3) is 11.6 Å². The molecule has 0 aliphatic rings. The van der Waals surface area contributed by atoms with E-state index in [1.165, 1.54) is 32.0 Å². The molecule has 0 bridgehead atoms. The van der Waals surface area contributed by atoms with Crippen molar-refractivity contribution in [1.29, 1.82) is 0 Å². The minimum atomic E-state index is -1.19. The lowest BCUT2D eigenvalue weighted by molar-refractivity contribution is -0.385. The number of aliphatic carboxylic acids is 1. The molecular weight excluding hydrogens is 332 g/mol. The number of anilines is 1. The second-order valence-corrected chi connectivity index (χ2v) is 4.79. The van der Waals surface area contributed by atoms with E-state index in [4.69, 9.17) is 5.11 Å². The SMILES string of the molecule is CC(C(=O)O)=C(C)C(=O)Nc1ccc(Br)c([N+](=O)[O-])c1. The van der Waals surface area contributed by atoms with Gasteiger partial charge in [-0.3, -0.25) is 14.9 Å². The van der Waals surface area contributed by atoms with Crippen LogP contribution in [0.15, 0.2) is 33.8 Å². The van der Waals surface area contributed by atoms with Crippen molar-refractivity contribution < 1.29 is 19.6 Å². The van der Waals surface area contributed by atoms with Crippen LogP contribution in [-0.4, -0.2) is 21.9 Å². The number of nitrogens with one attached hydrogen (secondary N) is 1. The van der Waals surface area contributed by atoms with Crippen molar-refractivity contribution in [3.05, 3.63) is 43.9 Å². The zero-order valence-corrected chi connectivity index (χ0v) is 12.2. The van der Waals surface area contributed by atoms with Crippen LogP contribution in [0.2, 0.25) is 0 Å². The molecule has 0 aromatic heterocycles. The lowest BCUT2D eigenvalue weighted by Crippen LogP contribution is -2.16. The second-order valence-electron chi connectivity index (χ2n) is 3.93. The number of carboxylic acid groups (broad SMARTS) is 1. The van der Waals surface area contributed by atoms with Gasteiger partial charge in [-0.05, 0) is 41.9 Å². The van der Waals surface area contributed by atoms with Crippen LogP contribution in [0, 0.1) is 10.1 Å². The number of rotatable bonds is 4. The number of benzene rings is 1. The van der Waals surface area contributed by atoms with Crippen LogP contribution in [-0.2, 0) is 9.59 Å². The quantitative estimate of drug-likeness (QED) is 0.496. The highest BCUT2D eigenvalue weighted by Gasteiger charge is 2.16. The third-order valence-corrected chi connectivity index (χ3v) is 3.30. The lowest BCUT2D eigenvalue weighted by atomic mass is 10.1. The molecule has 1 amide bonds. The van der Waals surface area contributed by atoms with Gasteiger partial charge in [-0.2, -0.15) is 0 Å². The Morgan fingerprint density at radius 3 is 2.40 bits per heavy atom. The number of nitro groups is 1. The van der Waals surface area contributed by atoms with Gasteiger partial charge < -0.3 is 10.4 Å². The molecule has 0 saturated carbocycles. The monoisotopic (exact) mass is 342 g/mol. The molecule has 1 rings (SSSR count). The Hall–Kier alpha value is -2.22. The van der Waals surface area contributed by atoms with Crippen LogP contribution >= 0.6 is 15.9 Å². The van der Waals surface area contributed by atoms with Gasteiger partial charge in [0.2, 0.25) is 0 Å². The summed E-state index contributed by atoms with van der Waals surface area (Å²) < 4.78 is 0.287. The van der Waals surface area contributed by atoms with Crippen LogP contribution < -0.4 is 5.32 Å². The number of nitro benzene ring substituents is 1. The number of hydrogen-bond donors (Lipinski definition) is 2. The predicted molar refractivity (Wildman–Crippen MR) is 75.4 cm³/mol. The normalized spacial score (nSPS) is 11.6. The Morgan fingerprint density at radius 1 is 1.30 bits per heavy atom. The molecular formula is C12H11BrN2O5. The molecule has 0 fully saturated rings. The Labute approximate surface area is 122 Å². The van der Waals surface area contributed by atoms with Crippen molar-refractivity contribution in [3.8, 4) is 0 Å². The Bertz CT molecular complexity index is 624. The Balaban J connectivity index is 3.03. The van der Waals surface area contributed by atoms with E-state index in [9.17, 15) is 19.7 Å². The van der Waals surface area contributed by atoms with Gasteiger partial charge in [-0.25, -0.2) is 4.79 Å². The topological polar surface area (TPSA) is 110 Å². The van der Waals surface area contributed by atoms with E-state index in [2.05, 4.69) is 21.2 Å². The number of carbonyl (C=O) groups excluding carboxylic acids is 1. The average molecular weight is 343 g/mol. The Kier molecular flexibility index (Phi) is 4.98. The predicted octanol–water partition coefficient (Wildman–Crippen LogP) is 2.72. The summed E-state index contributed by atoms with van der Waals surface area (Å²) in [4.78, 5) is 32.7. The number of amides is 1. The van der Waals surface area contributed by atoms with Crippen molar-refractivity contribution in [2.75, 3.05) is 5.32 Å². The summed E-state index contributed by atoms with van der Waals surface area (Å²) >= 11 is 3.03. The van der Waals surface area contributed by atoms with Gasteiger partial charge >= 0.3 is 5.97 Å². The molecule has 0 aliphatic carbocycles. The fourth-order valence-electron chi connectivity index (χ4n) is 1.29. The van der Waals surface area contributed by atoms with Crippen molar-refractivity contribution in [3.63, 3.8) is 0 Å². The first-order valence-electron chi connectivity index (χ1n) is 5.40. The number of carboxylic acids is 1. The van der Waals surface area contributed by atoms with Gasteiger partial charge in [0.05, 0.1) is 9.40 Å². The van der Waals surface area contributed by atoms with Crippen LogP contribution in [0.3, 0.4) is 0 Å². The molecule has 2 N–H and O–H groups in total. The first-order chi connectivity index (χ1) is 9.23. The summed E-state index contributed by atoms with van der Waals surface area (Å²) in [6.45, 7) is 2.67. The molecule has 1 aromatic rings. The maximum Gasteiger partial charge on any atom is 0.331 e. The van der Waals surface area contributed by atoms with E-state index in [0.717, 1.165) is 0 Å². The van der Waals surface area contributed by atoms with E-state index < -0.39 is 16.8 Å². The summed E-state index contributed by atoms with van der Waals surface area (Å²) in [5.74, 6) is -1.82. The number of carbonyl (C=O) groups is 2. The molecule has 0 unspecified atom stereocenters. The smallest absolute Gasteiger partial charge is 0.331 e. The number of halogens is 1. The fourth-order valence-corrected chi connectivity index (χ4v) is 1.68. The van der Waals surface area contributed by atoms with E-state index in [-0.39, 0.29) is 27.0 Å².